The molecule has 0 radical (unpaired) electrons. The zero-order valence-electron chi connectivity index (χ0n) is 16.1. The lowest BCUT2D eigenvalue weighted by Crippen LogP contribution is -2.39. The van der Waals surface area contributed by atoms with E-state index in [0.29, 0.717) is 6.54 Å². The van der Waals surface area contributed by atoms with Gasteiger partial charge in [0.2, 0.25) is 11.8 Å². The van der Waals surface area contributed by atoms with Crippen LogP contribution in [-0.4, -0.2) is 34.3 Å². The van der Waals surface area contributed by atoms with Gasteiger partial charge in [-0.15, -0.1) is 0 Å². The molecule has 0 bridgehead atoms. The predicted molar refractivity (Wildman–Crippen MR) is 104 cm³/mol. The average Bonchev–Trinajstić information content (AvgIpc) is 2.69. The summed E-state index contributed by atoms with van der Waals surface area (Å²) in [7, 11) is 0. The van der Waals surface area contributed by atoms with E-state index in [1.54, 1.807) is 0 Å². The van der Waals surface area contributed by atoms with Crippen molar-refractivity contribution in [2.45, 2.75) is 25.7 Å². The number of aryl methyl sites for hydroxylation is 1. The molecule has 6 nitrogen and oxygen atoms in total. The van der Waals surface area contributed by atoms with Crippen LogP contribution in [0.25, 0.3) is 11.3 Å². The van der Waals surface area contributed by atoms with Gasteiger partial charge >= 0.3 is 6.18 Å². The second-order valence-electron chi connectivity index (χ2n) is 6.96. The number of nitrogens with zero attached hydrogens (tertiary/aromatic N) is 3. The molecular formula is C21H19F3N4O2. The number of alkyl halides is 3. The molecule has 156 valence electrons. The Balaban J connectivity index is 1.45. The Labute approximate surface area is 171 Å². The highest BCUT2D eigenvalue weighted by molar-refractivity contribution is 5.59. The lowest BCUT2D eigenvalue weighted by molar-refractivity contribution is -0.142. The summed E-state index contributed by atoms with van der Waals surface area (Å²) < 4.78 is 49.8. The van der Waals surface area contributed by atoms with Crippen molar-refractivity contribution in [3.05, 3.63) is 65.5 Å². The van der Waals surface area contributed by atoms with Crippen LogP contribution in [0.4, 0.5) is 19.1 Å². The molecule has 9 heteroatoms. The summed E-state index contributed by atoms with van der Waals surface area (Å²) in [5, 5.41) is 2.94. The van der Waals surface area contributed by atoms with Gasteiger partial charge in [-0.3, -0.25) is 4.98 Å². The van der Waals surface area contributed by atoms with E-state index in [1.807, 2.05) is 49.5 Å². The summed E-state index contributed by atoms with van der Waals surface area (Å²) in [4.78, 5) is 12.1. The van der Waals surface area contributed by atoms with E-state index in [4.69, 9.17) is 9.47 Å². The molecule has 4 rings (SSSR count). The van der Waals surface area contributed by atoms with E-state index in [9.17, 15) is 13.2 Å². The van der Waals surface area contributed by atoms with Crippen LogP contribution < -0.4 is 10.1 Å². The van der Waals surface area contributed by atoms with Crippen molar-refractivity contribution in [3.63, 3.8) is 0 Å². The van der Waals surface area contributed by atoms with Crippen molar-refractivity contribution in [2.24, 2.45) is 0 Å². The normalized spacial score (nSPS) is 14.3. The van der Waals surface area contributed by atoms with Gasteiger partial charge in [0.1, 0.15) is 11.7 Å². The van der Waals surface area contributed by atoms with Crippen LogP contribution in [-0.2, 0) is 17.5 Å². The number of anilines is 1. The maximum absolute atomic E-state index is 13.2. The minimum atomic E-state index is -4.60. The minimum Gasteiger partial charge on any atom is -0.469 e. The second-order valence-corrected chi connectivity index (χ2v) is 6.96. The molecule has 1 aliphatic rings. The molecule has 30 heavy (non-hydrogen) atoms. The summed E-state index contributed by atoms with van der Waals surface area (Å²) >= 11 is 0. The number of halogens is 3. The zero-order chi connectivity index (χ0) is 21.1. The fourth-order valence-electron chi connectivity index (χ4n) is 2.79. The first-order chi connectivity index (χ1) is 14.4. The van der Waals surface area contributed by atoms with Gasteiger partial charge in [-0.2, -0.15) is 18.2 Å². The van der Waals surface area contributed by atoms with E-state index in [-0.39, 0.29) is 19.2 Å². The molecular weight excluding hydrogens is 397 g/mol. The third-order valence-corrected chi connectivity index (χ3v) is 4.56. The molecule has 3 heterocycles. The SMILES string of the molecule is Cc1ccc(-c2ccc(CNc3ncc(C(F)(F)F)c(OC4COC4)n3)cc2)nc1. The Bertz CT molecular complexity index is 1000. The van der Waals surface area contributed by atoms with Gasteiger partial charge in [-0.25, -0.2) is 4.98 Å². The quantitative estimate of drug-likeness (QED) is 0.648. The van der Waals surface area contributed by atoms with Gasteiger partial charge in [0.15, 0.2) is 0 Å². The zero-order valence-corrected chi connectivity index (χ0v) is 16.1. The molecule has 0 atom stereocenters. The second kappa shape index (κ2) is 8.27. The molecule has 1 aromatic carbocycles. The highest BCUT2D eigenvalue weighted by Crippen LogP contribution is 2.35. The number of hydrogen-bond donors (Lipinski definition) is 1. The van der Waals surface area contributed by atoms with E-state index < -0.39 is 23.7 Å². The van der Waals surface area contributed by atoms with Crippen LogP contribution in [0.2, 0.25) is 0 Å². The molecule has 1 aliphatic heterocycles. The molecule has 3 aromatic rings. The van der Waals surface area contributed by atoms with Crippen molar-refractivity contribution in [1.82, 2.24) is 15.0 Å². The van der Waals surface area contributed by atoms with Crippen LogP contribution in [0, 0.1) is 6.92 Å². The Kier molecular flexibility index (Phi) is 5.54. The maximum atomic E-state index is 13.2. The summed E-state index contributed by atoms with van der Waals surface area (Å²) in [6.45, 7) is 2.81. The number of aromatic nitrogens is 3. The number of benzene rings is 1. The van der Waals surface area contributed by atoms with Gasteiger partial charge < -0.3 is 14.8 Å². The van der Waals surface area contributed by atoms with Gasteiger partial charge in [0.25, 0.3) is 0 Å². The fraction of sp³-hybridized carbons (Fsp3) is 0.286. The monoisotopic (exact) mass is 416 g/mol. The molecule has 1 fully saturated rings. The largest absolute Gasteiger partial charge is 0.469 e. The number of pyridine rings is 1. The topological polar surface area (TPSA) is 69.2 Å². The first-order valence-electron chi connectivity index (χ1n) is 9.33. The Hall–Kier alpha value is -3.20. The van der Waals surface area contributed by atoms with Crippen molar-refractivity contribution in [2.75, 3.05) is 18.5 Å². The summed E-state index contributed by atoms with van der Waals surface area (Å²) in [6, 6.07) is 11.7. The van der Waals surface area contributed by atoms with Crippen LogP contribution >= 0.6 is 0 Å². The average molecular weight is 416 g/mol. The first kappa shape index (κ1) is 20.1. The molecule has 1 N–H and O–H groups in total. The molecule has 1 saturated heterocycles. The van der Waals surface area contributed by atoms with Crippen LogP contribution in [0.15, 0.2) is 48.8 Å². The third kappa shape index (κ3) is 4.68. The maximum Gasteiger partial charge on any atom is 0.423 e. The number of ether oxygens (including phenoxy) is 2. The lowest BCUT2D eigenvalue weighted by Gasteiger charge is -2.27. The van der Waals surface area contributed by atoms with Gasteiger partial charge in [-0.05, 0) is 24.1 Å². The number of nitrogens with one attached hydrogen (secondary N) is 1. The summed E-state index contributed by atoms with van der Waals surface area (Å²) in [6.07, 6.45) is -2.49. The lowest BCUT2D eigenvalue weighted by atomic mass is 10.1. The van der Waals surface area contributed by atoms with Gasteiger partial charge in [0.05, 0.1) is 18.9 Å². The Morgan fingerprint density at radius 3 is 2.43 bits per heavy atom. The van der Waals surface area contributed by atoms with Crippen LogP contribution in [0.1, 0.15) is 16.7 Å². The van der Waals surface area contributed by atoms with Crippen molar-refractivity contribution < 1.29 is 22.6 Å². The van der Waals surface area contributed by atoms with Crippen LogP contribution in [0.5, 0.6) is 5.88 Å². The standard InChI is InChI=1S/C21H19F3N4O2/c1-13-2-7-18(25-8-13)15-5-3-14(4-6-15)9-26-20-27-10-17(21(22,23)24)19(28-20)30-16-11-29-12-16/h2-8,10,16H,9,11-12H2,1H3,(H,26,27,28). The predicted octanol–water partition coefficient (Wildman–Crippen LogP) is 4.26. The third-order valence-electron chi connectivity index (χ3n) is 4.56. The van der Waals surface area contributed by atoms with E-state index in [0.717, 1.165) is 28.6 Å². The number of rotatable bonds is 6. The fourth-order valence-corrected chi connectivity index (χ4v) is 2.79. The molecule has 2 aromatic heterocycles. The highest BCUT2D eigenvalue weighted by atomic mass is 19.4. The van der Waals surface area contributed by atoms with Gasteiger partial charge in [0, 0.05) is 24.5 Å². The van der Waals surface area contributed by atoms with Gasteiger partial charge in [-0.1, -0.05) is 30.3 Å². The van der Waals surface area contributed by atoms with E-state index in [2.05, 4.69) is 20.3 Å². The van der Waals surface area contributed by atoms with E-state index >= 15 is 0 Å². The molecule has 0 saturated carbocycles. The van der Waals surface area contributed by atoms with Crippen molar-refractivity contribution in [3.8, 4) is 17.1 Å². The molecule has 0 unspecified atom stereocenters. The summed E-state index contributed by atoms with van der Waals surface area (Å²) in [5.41, 5.74) is 2.85. The molecule has 0 amide bonds. The van der Waals surface area contributed by atoms with Crippen molar-refractivity contribution in [1.29, 1.82) is 0 Å². The smallest absolute Gasteiger partial charge is 0.423 e. The Morgan fingerprint density at radius 1 is 1.07 bits per heavy atom. The minimum absolute atomic E-state index is 0.0579. The van der Waals surface area contributed by atoms with Crippen LogP contribution in [0.3, 0.4) is 0 Å². The highest BCUT2D eigenvalue weighted by Gasteiger charge is 2.37. The van der Waals surface area contributed by atoms with E-state index in [1.165, 1.54) is 0 Å². The molecule has 0 spiro atoms. The Morgan fingerprint density at radius 2 is 1.83 bits per heavy atom. The molecule has 0 aliphatic carbocycles. The number of hydrogen-bond acceptors (Lipinski definition) is 6. The van der Waals surface area contributed by atoms with Crippen molar-refractivity contribution >= 4 is 5.95 Å². The first-order valence-corrected chi connectivity index (χ1v) is 9.33. The summed E-state index contributed by atoms with van der Waals surface area (Å²) in [5.74, 6) is -0.434.